The first-order chi connectivity index (χ1) is 10.0. The van der Waals surface area contributed by atoms with Gasteiger partial charge >= 0.3 is 5.97 Å². The van der Waals surface area contributed by atoms with Crippen molar-refractivity contribution >= 4 is 11.9 Å². The Bertz CT molecular complexity index is 382. The Morgan fingerprint density at radius 2 is 1.81 bits per heavy atom. The highest BCUT2D eigenvalue weighted by Crippen LogP contribution is 2.43. The fourth-order valence-electron chi connectivity index (χ4n) is 4.19. The zero-order valence-corrected chi connectivity index (χ0v) is 13.6. The van der Waals surface area contributed by atoms with E-state index < -0.39 is 0 Å². The maximum atomic E-state index is 12.6. The van der Waals surface area contributed by atoms with Crippen LogP contribution in [-0.2, 0) is 14.3 Å². The van der Waals surface area contributed by atoms with Crippen LogP contribution >= 0.6 is 0 Å². The molecule has 4 nitrogen and oxygen atoms in total. The highest BCUT2D eigenvalue weighted by Gasteiger charge is 2.36. The molecular weight excluding hydrogens is 266 g/mol. The molecule has 2 aliphatic carbocycles. The average Bonchev–Trinajstić information content (AvgIpc) is 2.52. The second-order valence-electron chi connectivity index (χ2n) is 6.96. The number of methoxy groups -OCH3 is 1. The van der Waals surface area contributed by atoms with E-state index in [1.165, 1.54) is 39.2 Å². The lowest BCUT2D eigenvalue weighted by atomic mass is 9.67. The molecule has 0 bridgehead atoms. The number of fused-ring (bicyclic) bond motifs is 1. The minimum atomic E-state index is -0.255. The molecule has 0 aromatic carbocycles. The molecule has 0 aromatic heterocycles. The summed E-state index contributed by atoms with van der Waals surface area (Å²) >= 11 is 0. The fourth-order valence-corrected chi connectivity index (χ4v) is 4.19. The van der Waals surface area contributed by atoms with Gasteiger partial charge in [-0.25, -0.2) is 0 Å². The van der Waals surface area contributed by atoms with Gasteiger partial charge in [-0.15, -0.1) is 0 Å². The predicted molar refractivity (Wildman–Crippen MR) is 81.6 cm³/mol. The number of carbonyl (C=O) groups is 2. The molecule has 0 saturated heterocycles. The summed E-state index contributed by atoms with van der Waals surface area (Å²) < 4.78 is 4.73. The number of hydrogen-bond donors (Lipinski definition) is 0. The highest BCUT2D eigenvalue weighted by molar-refractivity contribution is 5.80. The van der Waals surface area contributed by atoms with E-state index in [4.69, 9.17) is 4.74 Å². The molecule has 2 rings (SSSR count). The standard InChI is InChI=1S/C17H29NO3/c1-12(17(20)21-3)11-18(2)16(19)15-9-8-13-6-4-5-7-14(13)10-15/h12-15H,4-11H2,1-3H3. The van der Waals surface area contributed by atoms with Crippen LogP contribution in [-0.4, -0.2) is 37.5 Å². The van der Waals surface area contributed by atoms with E-state index in [0.717, 1.165) is 24.7 Å². The fraction of sp³-hybridized carbons (Fsp3) is 0.882. The third-order valence-electron chi connectivity index (χ3n) is 5.42. The summed E-state index contributed by atoms with van der Waals surface area (Å²) in [6.45, 7) is 2.27. The minimum absolute atomic E-state index is 0.166. The number of amides is 1. The molecule has 0 aliphatic heterocycles. The molecule has 4 heteroatoms. The van der Waals surface area contributed by atoms with Crippen molar-refractivity contribution in [2.45, 2.75) is 51.9 Å². The van der Waals surface area contributed by atoms with Crippen molar-refractivity contribution in [2.75, 3.05) is 20.7 Å². The van der Waals surface area contributed by atoms with E-state index in [9.17, 15) is 9.59 Å². The van der Waals surface area contributed by atoms with Crippen LogP contribution in [0.15, 0.2) is 0 Å². The van der Waals surface area contributed by atoms with Gasteiger partial charge in [0.05, 0.1) is 13.0 Å². The molecular formula is C17H29NO3. The molecule has 120 valence electrons. The van der Waals surface area contributed by atoms with Crippen molar-refractivity contribution in [1.82, 2.24) is 4.90 Å². The quantitative estimate of drug-likeness (QED) is 0.749. The topological polar surface area (TPSA) is 46.6 Å². The summed E-state index contributed by atoms with van der Waals surface area (Å²) in [5.41, 5.74) is 0. The Hall–Kier alpha value is -1.06. The average molecular weight is 295 g/mol. The molecule has 4 unspecified atom stereocenters. The van der Waals surface area contributed by atoms with Gasteiger partial charge < -0.3 is 9.64 Å². The van der Waals surface area contributed by atoms with E-state index in [2.05, 4.69) is 0 Å². The number of rotatable bonds is 4. The van der Waals surface area contributed by atoms with Crippen molar-refractivity contribution in [3.05, 3.63) is 0 Å². The van der Waals surface area contributed by atoms with E-state index in [1.54, 1.807) is 4.90 Å². The number of ether oxygens (including phenoxy) is 1. The normalized spacial score (nSPS) is 30.1. The van der Waals surface area contributed by atoms with Crippen LogP contribution in [0.1, 0.15) is 51.9 Å². The Labute approximate surface area is 128 Å². The van der Waals surface area contributed by atoms with Crippen molar-refractivity contribution in [3.63, 3.8) is 0 Å². The van der Waals surface area contributed by atoms with Gasteiger partial charge in [-0.1, -0.05) is 32.6 Å². The van der Waals surface area contributed by atoms with Crippen molar-refractivity contribution in [2.24, 2.45) is 23.7 Å². The Morgan fingerprint density at radius 3 is 2.48 bits per heavy atom. The second kappa shape index (κ2) is 7.28. The van der Waals surface area contributed by atoms with Crippen LogP contribution in [0.3, 0.4) is 0 Å². The summed E-state index contributed by atoms with van der Waals surface area (Å²) in [4.78, 5) is 25.8. The molecule has 0 aromatic rings. The molecule has 0 N–H and O–H groups in total. The minimum Gasteiger partial charge on any atom is -0.469 e. The van der Waals surface area contributed by atoms with Gasteiger partial charge in [0.15, 0.2) is 0 Å². The van der Waals surface area contributed by atoms with Gasteiger partial charge in [-0.3, -0.25) is 9.59 Å². The maximum Gasteiger partial charge on any atom is 0.310 e. The first-order valence-electron chi connectivity index (χ1n) is 8.35. The van der Waals surface area contributed by atoms with E-state index in [-0.39, 0.29) is 23.7 Å². The first-order valence-corrected chi connectivity index (χ1v) is 8.35. The number of hydrogen-bond acceptors (Lipinski definition) is 3. The van der Waals surface area contributed by atoms with E-state index >= 15 is 0 Å². The zero-order valence-electron chi connectivity index (χ0n) is 13.6. The van der Waals surface area contributed by atoms with Crippen molar-refractivity contribution < 1.29 is 14.3 Å². The Balaban J connectivity index is 1.86. The maximum absolute atomic E-state index is 12.6. The predicted octanol–water partition coefficient (Wildman–Crippen LogP) is 2.86. The smallest absolute Gasteiger partial charge is 0.310 e. The third kappa shape index (κ3) is 3.98. The molecule has 2 aliphatic rings. The SMILES string of the molecule is COC(=O)C(C)CN(C)C(=O)C1CCC2CCCCC2C1. The highest BCUT2D eigenvalue weighted by atomic mass is 16.5. The van der Waals surface area contributed by atoms with Crippen LogP contribution in [0.4, 0.5) is 0 Å². The van der Waals surface area contributed by atoms with Gasteiger partial charge in [-0.05, 0) is 31.1 Å². The van der Waals surface area contributed by atoms with Crippen LogP contribution < -0.4 is 0 Å². The van der Waals surface area contributed by atoms with Crippen LogP contribution in [0.25, 0.3) is 0 Å². The summed E-state index contributed by atoms with van der Waals surface area (Å²) in [7, 11) is 3.21. The molecule has 2 saturated carbocycles. The molecule has 0 heterocycles. The molecule has 1 amide bonds. The second-order valence-corrected chi connectivity index (χ2v) is 6.96. The van der Waals surface area contributed by atoms with Gasteiger partial charge in [0.25, 0.3) is 0 Å². The lowest BCUT2D eigenvalue weighted by Crippen LogP contribution is -2.41. The number of carbonyl (C=O) groups excluding carboxylic acids is 2. The molecule has 0 spiro atoms. The van der Waals surface area contributed by atoms with Gasteiger partial charge in [0, 0.05) is 19.5 Å². The third-order valence-corrected chi connectivity index (χ3v) is 5.42. The van der Waals surface area contributed by atoms with E-state index in [1.807, 2.05) is 14.0 Å². The lowest BCUT2D eigenvalue weighted by Gasteiger charge is -2.39. The monoisotopic (exact) mass is 295 g/mol. The van der Waals surface area contributed by atoms with Gasteiger partial charge in [0.2, 0.25) is 5.91 Å². The molecule has 0 radical (unpaired) electrons. The van der Waals surface area contributed by atoms with Crippen LogP contribution in [0.2, 0.25) is 0 Å². The van der Waals surface area contributed by atoms with Crippen LogP contribution in [0, 0.1) is 23.7 Å². The summed E-state index contributed by atoms with van der Waals surface area (Å²) in [5.74, 6) is 1.50. The Kier molecular flexibility index (Phi) is 5.65. The summed E-state index contributed by atoms with van der Waals surface area (Å²) in [6, 6.07) is 0. The zero-order chi connectivity index (χ0) is 15.4. The van der Waals surface area contributed by atoms with Crippen molar-refractivity contribution in [3.8, 4) is 0 Å². The lowest BCUT2D eigenvalue weighted by molar-refractivity contribution is -0.147. The molecule has 21 heavy (non-hydrogen) atoms. The van der Waals surface area contributed by atoms with E-state index in [0.29, 0.717) is 6.54 Å². The molecule has 4 atom stereocenters. The number of esters is 1. The first kappa shape index (κ1) is 16.3. The largest absolute Gasteiger partial charge is 0.469 e. The number of nitrogens with zero attached hydrogens (tertiary/aromatic N) is 1. The summed E-state index contributed by atoms with van der Waals surface area (Å²) in [6.07, 6.45) is 8.66. The van der Waals surface area contributed by atoms with Gasteiger partial charge in [0.1, 0.15) is 0 Å². The van der Waals surface area contributed by atoms with Gasteiger partial charge in [-0.2, -0.15) is 0 Å². The van der Waals surface area contributed by atoms with Crippen LogP contribution in [0.5, 0.6) is 0 Å². The molecule has 2 fully saturated rings. The van der Waals surface area contributed by atoms with Crippen molar-refractivity contribution in [1.29, 1.82) is 0 Å². The summed E-state index contributed by atoms with van der Waals surface area (Å²) in [5, 5.41) is 0. The Morgan fingerprint density at radius 1 is 1.14 bits per heavy atom.